The Morgan fingerprint density at radius 1 is 0.647 bits per heavy atom. The van der Waals surface area contributed by atoms with Gasteiger partial charge in [0.1, 0.15) is 0 Å². The van der Waals surface area contributed by atoms with Gasteiger partial charge in [-0.2, -0.15) is 17.0 Å². The van der Waals surface area contributed by atoms with Crippen molar-refractivity contribution in [2.24, 2.45) is 0 Å². The van der Waals surface area contributed by atoms with E-state index in [1.165, 1.54) is 0 Å². The Morgan fingerprint density at radius 2 is 0.882 bits per heavy atom. The second-order valence-electron chi connectivity index (χ2n) is 3.61. The lowest BCUT2D eigenvalue weighted by Crippen LogP contribution is -2.48. The number of nitrogens with zero attached hydrogens (tertiary/aromatic N) is 2. The molecule has 4 amide bonds. The third-order valence-corrected chi connectivity index (χ3v) is 4.21. The van der Waals surface area contributed by atoms with Crippen molar-refractivity contribution in [3.63, 3.8) is 0 Å². The van der Waals surface area contributed by atoms with Crippen molar-refractivity contribution in [1.82, 2.24) is 8.61 Å². The third-order valence-electron chi connectivity index (χ3n) is 2.47. The van der Waals surface area contributed by atoms with Crippen LogP contribution in [-0.4, -0.2) is 40.7 Å². The van der Waals surface area contributed by atoms with Gasteiger partial charge in [-0.05, 0) is 0 Å². The van der Waals surface area contributed by atoms with Gasteiger partial charge in [-0.1, -0.05) is 0 Å². The second-order valence-corrected chi connectivity index (χ2v) is 5.24. The van der Waals surface area contributed by atoms with E-state index in [1.54, 1.807) is 0 Å². The fourth-order valence-electron chi connectivity index (χ4n) is 1.71. The maximum atomic E-state index is 11.8. The maximum absolute atomic E-state index is 11.8. The second kappa shape index (κ2) is 3.62. The minimum Gasteiger partial charge on any atom is -0.273 e. The van der Waals surface area contributed by atoms with Crippen LogP contribution in [0.2, 0.25) is 0 Å². The van der Waals surface area contributed by atoms with Crippen molar-refractivity contribution < 1.29 is 27.6 Å². The standard InChI is InChI=1S/C8H8N2O6S/c11-5-1-2-6(12)9(5)17(15,16)10-7(13)3-4-8(10)14/h1-4H2. The van der Waals surface area contributed by atoms with Crippen LogP contribution in [-0.2, 0) is 29.4 Å². The highest BCUT2D eigenvalue weighted by atomic mass is 32.2. The van der Waals surface area contributed by atoms with Crippen molar-refractivity contribution in [1.29, 1.82) is 0 Å². The molecule has 2 aliphatic heterocycles. The van der Waals surface area contributed by atoms with Gasteiger partial charge in [-0.25, -0.2) is 0 Å². The molecule has 17 heavy (non-hydrogen) atoms. The Bertz CT molecular complexity index is 462. The minimum absolute atomic E-state index is 0.00806. The van der Waals surface area contributed by atoms with Gasteiger partial charge in [0.2, 0.25) is 23.6 Å². The van der Waals surface area contributed by atoms with Crippen molar-refractivity contribution in [3.8, 4) is 0 Å². The molecule has 0 radical (unpaired) electrons. The molecule has 0 bridgehead atoms. The Morgan fingerprint density at radius 3 is 1.12 bits per heavy atom. The quantitative estimate of drug-likeness (QED) is 0.561. The average molecular weight is 260 g/mol. The van der Waals surface area contributed by atoms with E-state index in [9.17, 15) is 27.6 Å². The molecular formula is C8H8N2O6S. The van der Waals surface area contributed by atoms with Gasteiger partial charge >= 0.3 is 10.2 Å². The van der Waals surface area contributed by atoms with Crippen LogP contribution >= 0.6 is 0 Å². The maximum Gasteiger partial charge on any atom is 0.344 e. The highest BCUT2D eigenvalue weighted by Gasteiger charge is 2.48. The van der Waals surface area contributed by atoms with Crippen LogP contribution in [0.15, 0.2) is 0 Å². The van der Waals surface area contributed by atoms with Gasteiger partial charge < -0.3 is 0 Å². The van der Waals surface area contributed by atoms with E-state index in [-0.39, 0.29) is 34.3 Å². The smallest absolute Gasteiger partial charge is 0.273 e. The number of hydrogen-bond acceptors (Lipinski definition) is 6. The van der Waals surface area contributed by atoms with Crippen LogP contribution in [0.3, 0.4) is 0 Å². The lowest BCUT2D eigenvalue weighted by Gasteiger charge is -2.20. The van der Waals surface area contributed by atoms with Crippen molar-refractivity contribution in [2.75, 3.05) is 0 Å². The van der Waals surface area contributed by atoms with Gasteiger partial charge in [0.15, 0.2) is 0 Å². The Kier molecular flexibility index (Phi) is 2.49. The van der Waals surface area contributed by atoms with E-state index in [0.717, 1.165) is 0 Å². The van der Waals surface area contributed by atoms with Crippen LogP contribution in [0, 0.1) is 0 Å². The van der Waals surface area contributed by atoms with Gasteiger partial charge in [0.05, 0.1) is 0 Å². The average Bonchev–Trinajstić information content (AvgIpc) is 2.71. The largest absolute Gasteiger partial charge is 0.344 e. The van der Waals surface area contributed by atoms with E-state index >= 15 is 0 Å². The molecule has 0 unspecified atom stereocenters. The molecule has 2 saturated heterocycles. The minimum atomic E-state index is -4.67. The molecule has 0 aliphatic carbocycles. The summed E-state index contributed by atoms with van der Waals surface area (Å²) in [5.74, 6) is -3.66. The molecule has 2 rings (SSSR count). The van der Waals surface area contributed by atoms with Gasteiger partial charge in [0.25, 0.3) is 0 Å². The lowest BCUT2D eigenvalue weighted by molar-refractivity contribution is -0.133. The lowest BCUT2D eigenvalue weighted by atomic mass is 10.4. The van der Waals surface area contributed by atoms with Crippen LogP contribution in [0.25, 0.3) is 0 Å². The number of hydrogen-bond donors (Lipinski definition) is 0. The van der Waals surface area contributed by atoms with E-state index < -0.39 is 33.8 Å². The molecule has 0 aromatic carbocycles. The SMILES string of the molecule is O=C1CCC(=O)N1S(=O)(=O)N1C(=O)CCC1=O. The Hall–Kier alpha value is -1.77. The zero-order valence-electron chi connectivity index (χ0n) is 8.58. The topological polar surface area (TPSA) is 109 Å². The number of imide groups is 2. The van der Waals surface area contributed by atoms with E-state index in [4.69, 9.17) is 0 Å². The summed E-state index contributed by atoms with van der Waals surface area (Å²) in [6, 6.07) is 0. The van der Waals surface area contributed by atoms with Crippen LogP contribution in [0.1, 0.15) is 25.7 Å². The molecule has 0 aromatic heterocycles. The zero-order chi connectivity index (χ0) is 12.8. The van der Waals surface area contributed by atoms with Crippen LogP contribution < -0.4 is 0 Å². The molecule has 0 N–H and O–H groups in total. The van der Waals surface area contributed by atoms with E-state index in [2.05, 4.69) is 0 Å². The monoisotopic (exact) mass is 260 g/mol. The summed E-state index contributed by atoms with van der Waals surface area (Å²) >= 11 is 0. The molecule has 2 fully saturated rings. The predicted molar refractivity (Wildman–Crippen MR) is 51.1 cm³/mol. The van der Waals surface area contributed by atoms with Crippen molar-refractivity contribution >= 4 is 33.8 Å². The summed E-state index contributed by atoms with van der Waals surface area (Å²) < 4.78 is 23.7. The highest BCUT2D eigenvalue weighted by Crippen LogP contribution is 2.24. The molecule has 2 aliphatic rings. The molecule has 8 nitrogen and oxygen atoms in total. The number of carbonyl (C=O) groups is 4. The molecular weight excluding hydrogens is 252 g/mol. The number of amides is 4. The first-order chi connectivity index (χ1) is 7.85. The van der Waals surface area contributed by atoms with Crippen LogP contribution in [0.5, 0.6) is 0 Å². The van der Waals surface area contributed by atoms with Crippen LogP contribution in [0.4, 0.5) is 0 Å². The third kappa shape index (κ3) is 1.62. The summed E-state index contributed by atoms with van der Waals surface area (Å²) in [6.45, 7) is 0. The first-order valence-corrected chi connectivity index (χ1v) is 6.22. The normalized spacial score (nSPS) is 21.9. The molecule has 9 heteroatoms. The highest BCUT2D eigenvalue weighted by molar-refractivity contribution is 7.89. The first kappa shape index (κ1) is 11.7. The van der Waals surface area contributed by atoms with Crippen molar-refractivity contribution in [2.45, 2.75) is 25.7 Å². The van der Waals surface area contributed by atoms with E-state index in [0.29, 0.717) is 0 Å². The van der Waals surface area contributed by atoms with Crippen molar-refractivity contribution in [3.05, 3.63) is 0 Å². The molecule has 0 saturated carbocycles. The molecule has 0 atom stereocenters. The zero-order valence-corrected chi connectivity index (χ0v) is 9.40. The molecule has 92 valence electrons. The summed E-state index contributed by atoms with van der Waals surface area (Å²) in [4.78, 5) is 45.1. The molecule has 0 aromatic rings. The fourth-order valence-corrected chi connectivity index (χ4v) is 3.27. The summed E-state index contributed by atoms with van der Waals surface area (Å²) in [7, 11) is -4.67. The first-order valence-electron chi connectivity index (χ1n) is 4.82. The summed E-state index contributed by atoms with van der Waals surface area (Å²) in [5.41, 5.74) is 0. The number of carbonyl (C=O) groups excluding carboxylic acids is 4. The summed E-state index contributed by atoms with van der Waals surface area (Å²) in [5, 5.41) is 0. The predicted octanol–water partition coefficient (Wildman–Crippen LogP) is -1.47. The summed E-state index contributed by atoms with van der Waals surface area (Å²) in [6.07, 6.45) is -0.912. The van der Waals surface area contributed by atoms with Gasteiger partial charge in [-0.3, -0.25) is 19.2 Å². The molecule has 0 spiro atoms. The van der Waals surface area contributed by atoms with Gasteiger partial charge in [-0.15, -0.1) is 0 Å². The van der Waals surface area contributed by atoms with E-state index in [1.807, 2.05) is 0 Å². The van der Waals surface area contributed by atoms with Gasteiger partial charge in [0, 0.05) is 25.7 Å². The Labute approximate surface area is 96.3 Å². The fraction of sp³-hybridized carbons (Fsp3) is 0.500. The Balaban J connectivity index is 2.43. The molecule has 2 heterocycles. The number of rotatable bonds is 2.